The lowest BCUT2D eigenvalue weighted by molar-refractivity contribution is 0.0651. The number of fused-ring (bicyclic) bond motifs is 1. The summed E-state index contributed by atoms with van der Waals surface area (Å²) in [7, 11) is 0. The summed E-state index contributed by atoms with van der Waals surface area (Å²) in [6.45, 7) is 0.462. The number of rotatable bonds is 7. The number of amides is 2. The Morgan fingerprint density at radius 3 is 2.42 bits per heavy atom. The summed E-state index contributed by atoms with van der Waals surface area (Å²) in [5, 5.41) is 4.00. The topological polar surface area (TPSA) is 76.3 Å². The average molecular weight is 325 g/mol. The first kappa shape index (κ1) is 15.1. The van der Waals surface area contributed by atoms with Gasteiger partial charge in [0.2, 0.25) is 5.89 Å². The zero-order valence-corrected chi connectivity index (χ0v) is 13.4. The number of unbranched alkanes of at least 4 members (excludes halogenated alkanes) is 2. The third kappa shape index (κ3) is 2.84. The first-order chi connectivity index (χ1) is 11.7. The van der Waals surface area contributed by atoms with Crippen molar-refractivity contribution in [3.05, 3.63) is 47.1 Å². The molecule has 2 aromatic rings. The molecule has 24 heavy (non-hydrogen) atoms. The molecular weight excluding hydrogens is 306 g/mol. The Balaban J connectivity index is 1.23. The lowest BCUT2D eigenvalue weighted by Crippen LogP contribution is -2.30. The highest BCUT2D eigenvalue weighted by Crippen LogP contribution is 2.38. The van der Waals surface area contributed by atoms with E-state index in [1.54, 1.807) is 24.3 Å². The van der Waals surface area contributed by atoms with Crippen molar-refractivity contribution in [3.63, 3.8) is 0 Å². The zero-order valence-electron chi connectivity index (χ0n) is 13.4. The van der Waals surface area contributed by atoms with Gasteiger partial charge in [-0.15, -0.1) is 0 Å². The molecular formula is C18H19N3O3. The number of imide groups is 1. The Kier molecular flexibility index (Phi) is 3.88. The maximum atomic E-state index is 12.2. The van der Waals surface area contributed by atoms with Crippen molar-refractivity contribution in [3.8, 4) is 0 Å². The average Bonchev–Trinajstić information content (AvgIpc) is 3.30. The van der Waals surface area contributed by atoms with Gasteiger partial charge in [0.05, 0.1) is 11.1 Å². The van der Waals surface area contributed by atoms with E-state index in [1.165, 1.54) is 17.7 Å². The summed E-state index contributed by atoms with van der Waals surface area (Å²) in [4.78, 5) is 30.2. The molecule has 0 N–H and O–H groups in total. The van der Waals surface area contributed by atoms with Gasteiger partial charge in [-0.25, -0.2) is 0 Å². The van der Waals surface area contributed by atoms with E-state index in [1.807, 2.05) is 0 Å². The minimum absolute atomic E-state index is 0.179. The van der Waals surface area contributed by atoms with Gasteiger partial charge < -0.3 is 4.52 Å². The second-order valence-electron chi connectivity index (χ2n) is 6.44. The number of carbonyl (C=O) groups excluding carboxylic acids is 2. The van der Waals surface area contributed by atoms with Crippen LogP contribution < -0.4 is 0 Å². The molecule has 1 aromatic heterocycles. The molecule has 0 saturated heterocycles. The van der Waals surface area contributed by atoms with Crippen LogP contribution in [0.15, 0.2) is 28.8 Å². The van der Waals surface area contributed by atoms with Gasteiger partial charge in [-0.2, -0.15) is 4.98 Å². The number of carbonyl (C=O) groups is 2. The molecule has 0 unspecified atom stereocenters. The molecule has 0 atom stereocenters. The van der Waals surface area contributed by atoms with Gasteiger partial charge >= 0.3 is 0 Å². The summed E-state index contributed by atoms with van der Waals surface area (Å²) < 4.78 is 5.24. The van der Waals surface area contributed by atoms with Crippen molar-refractivity contribution in [2.75, 3.05) is 6.54 Å². The molecule has 2 aliphatic rings. The third-order valence-electron chi connectivity index (χ3n) is 4.58. The van der Waals surface area contributed by atoms with Crippen LogP contribution in [-0.4, -0.2) is 33.4 Å². The molecule has 6 nitrogen and oxygen atoms in total. The smallest absolute Gasteiger partial charge is 0.261 e. The number of aryl methyl sites for hydroxylation is 1. The van der Waals surface area contributed by atoms with E-state index in [9.17, 15) is 9.59 Å². The summed E-state index contributed by atoms with van der Waals surface area (Å²) in [6.07, 6.45) is 5.69. The molecule has 2 heterocycles. The molecule has 6 heteroatoms. The quantitative estimate of drug-likeness (QED) is 0.578. The SMILES string of the molecule is O=C1c2ccccc2C(=O)N1CCCCCc1nc(C2CC2)no1. The van der Waals surface area contributed by atoms with Crippen LogP contribution in [0.3, 0.4) is 0 Å². The molecule has 0 radical (unpaired) electrons. The highest BCUT2D eigenvalue weighted by atomic mass is 16.5. The monoisotopic (exact) mass is 325 g/mol. The molecule has 4 rings (SSSR count). The van der Waals surface area contributed by atoms with Crippen molar-refractivity contribution < 1.29 is 14.1 Å². The Morgan fingerprint density at radius 1 is 1.04 bits per heavy atom. The summed E-state index contributed by atoms with van der Waals surface area (Å²) in [5.74, 6) is 1.69. The fourth-order valence-corrected chi connectivity index (χ4v) is 3.04. The highest BCUT2D eigenvalue weighted by Gasteiger charge is 2.34. The van der Waals surface area contributed by atoms with Crippen LogP contribution in [0.25, 0.3) is 0 Å². The standard InChI is InChI=1S/C18H19N3O3/c22-17-13-6-3-4-7-14(13)18(23)21(17)11-5-1-2-8-15-19-16(20-24-15)12-9-10-12/h3-4,6-7,12H,1-2,5,8-11H2. The van der Waals surface area contributed by atoms with Crippen LogP contribution in [0, 0.1) is 0 Å². The van der Waals surface area contributed by atoms with Gasteiger partial charge in [0, 0.05) is 18.9 Å². The second kappa shape index (κ2) is 6.19. The van der Waals surface area contributed by atoms with Gasteiger partial charge in [-0.3, -0.25) is 14.5 Å². The minimum atomic E-state index is -0.179. The predicted molar refractivity (Wildman–Crippen MR) is 85.6 cm³/mol. The van der Waals surface area contributed by atoms with Crippen LogP contribution in [0.5, 0.6) is 0 Å². The van der Waals surface area contributed by atoms with Crippen LogP contribution >= 0.6 is 0 Å². The lowest BCUT2D eigenvalue weighted by atomic mass is 10.1. The van der Waals surface area contributed by atoms with Crippen molar-refractivity contribution in [1.82, 2.24) is 15.0 Å². The van der Waals surface area contributed by atoms with Crippen molar-refractivity contribution in [1.29, 1.82) is 0 Å². The molecule has 124 valence electrons. The molecule has 0 spiro atoms. The molecule has 1 fully saturated rings. The highest BCUT2D eigenvalue weighted by molar-refractivity contribution is 6.21. The molecule has 0 bridgehead atoms. The maximum Gasteiger partial charge on any atom is 0.261 e. The molecule has 1 aliphatic carbocycles. The Labute approximate surface area is 139 Å². The van der Waals surface area contributed by atoms with E-state index >= 15 is 0 Å². The number of benzene rings is 1. The third-order valence-corrected chi connectivity index (χ3v) is 4.58. The minimum Gasteiger partial charge on any atom is -0.339 e. The molecule has 1 aromatic carbocycles. The molecule has 1 saturated carbocycles. The van der Waals surface area contributed by atoms with Gasteiger partial charge in [-0.1, -0.05) is 23.7 Å². The van der Waals surface area contributed by atoms with E-state index in [0.717, 1.165) is 31.5 Å². The fourth-order valence-electron chi connectivity index (χ4n) is 3.04. The van der Waals surface area contributed by atoms with Crippen LogP contribution in [0.1, 0.15) is 70.5 Å². The molecule has 1 aliphatic heterocycles. The Morgan fingerprint density at radius 2 is 1.75 bits per heavy atom. The van der Waals surface area contributed by atoms with E-state index in [2.05, 4.69) is 10.1 Å². The number of nitrogens with zero attached hydrogens (tertiary/aromatic N) is 3. The predicted octanol–water partition coefficient (Wildman–Crippen LogP) is 2.96. The second-order valence-corrected chi connectivity index (χ2v) is 6.44. The molecule has 2 amide bonds. The van der Waals surface area contributed by atoms with Crippen molar-refractivity contribution in [2.45, 2.75) is 44.4 Å². The zero-order chi connectivity index (χ0) is 16.5. The van der Waals surface area contributed by atoms with Gasteiger partial charge in [0.1, 0.15) is 0 Å². The van der Waals surface area contributed by atoms with E-state index in [0.29, 0.717) is 29.5 Å². The van der Waals surface area contributed by atoms with Gasteiger partial charge in [0.25, 0.3) is 11.8 Å². The Hall–Kier alpha value is -2.50. The lowest BCUT2D eigenvalue weighted by Gasteiger charge is -2.13. The van der Waals surface area contributed by atoms with E-state index in [-0.39, 0.29) is 11.8 Å². The summed E-state index contributed by atoms with van der Waals surface area (Å²) in [6, 6.07) is 6.99. The van der Waals surface area contributed by atoms with Crippen molar-refractivity contribution in [2.24, 2.45) is 0 Å². The maximum absolute atomic E-state index is 12.2. The number of aromatic nitrogens is 2. The van der Waals surface area contributed by atoms with Gasteiger partial charge in [-0.05, 0) is 37.8 Å². The van der Waals surface area contributed by atoms with Crippen LogP contribution in [0.4, 0.5) is 0 Å². The van der Waals surface area contributed by atoms with Crippen LogP contribution in [0.2, 0.25) is 0 Å². The summed E-state index contributed by atoms with van der Waals surface area (Å²) in [5.41, 5.74) is 1.03. The number of hydrogen-bond donors (Lipinski definition) is 0. The first-order valence-corrected chi connectivity index (χ1v) is 8.52. The van der Waals surface area contributed by atoms with Crippen molar-refractivity contribution >= 4 is 11.8 Å². The van der Waals surface area contributed by atoms with Gasteiger partial charge in [0.15, 0.2) is 5.82 Å². The number of hydrogen-bond acceptors (Lipinski definition) is 5. The van der Waals surface area contributed by atoms with E-state index < -0.39 is 0 Å². The normalized spacial score (nSPS) is 16.8. The fraction of sp³-hybridized carbons (Fsp3) is 0.444. The summed E-state index contributed by atoms with van der Waals surface area (Å²) >= 11 is 0. The largest absolute Gasteiger partial charge is 0.339 e. The Bertz CT molecular complexity index is 744. The van der Waals surface area contributed by atoms with E-state index in [4.69, 9.17) is 4.52 Å². The van der Waals surface area contributed by atoms with Crippen LogP contribution in [-0.2, 0) is 6.42 Å². The first-order valence-electron chi connectivity index (χ1n) is 8.52.